The highest BCUT2D eigenvalue weighted by atomic mass is 35.5. The molecule has 1 heterocycles. The Kier molecular flexibility index (Phi) is 5.12. The third-order valence-electron chi connectivity index (χ3n) is 4.56. The molecule has 2 aromatic carbocycles. The maximum absolute atomic E-state index is 13.1. The number of hydrogen-bond acceptors (Lipinski definition) is 1. The Bertz CT molecular complexity index is 584. The fourth-order valence-corrected chi connectivity index (χ4v) is 3.71. The molecule has 116 valence electrons. The molecule has 0 radical (unpaired) electrons. The molecule has 0 N–H and O–H groups in total. The van der Waals surface area contributed by atoms with Gasteiger partial charge < -0.3 is 0 Å². The number of alkyl halides is 1. The summed E-state index contributed by atoms with van der Waals surface area (Å²) in [6.07, 6.45) is 1.08. The van der Waals surface area contributed by atoms with Crippen molar-refractivity contribution in [1.29, 1.82) is 0 Å². The highest BCUT2D eigenvalue weighted by Gasteiger charge is 2.29. The van der Waals surface area contributed by atoms with Crippen LogP contribution in [0.2, 0.25) is 0 Å². The van der Waals surface area contributed by atoms with E-state index < -0.39 is 0 Å². The maximum Gasteiger partial charge on any atom is 0.123 e. The van der Waals surface area contributed by atoms with Crippen LogP contribution in [0, 0.1) is 11.7 Å². The van der Waals surface area contributed by atoms with Gasteiger partial charge in [-0.05, 0) is 48.1 Å². The normalized spacial score (nSPS) is 22.6. The molecule has 0 saturated carbocycles. The Morgan fingerprint density at radius 2 is 1.77 bits per heavy atom. The number of rotatable bonds is 4. The van der Waals surface area contributed by atoms with Crippen molar-refractivity contribution in [2.24, 2.45) is 5.92 Å². The van der Waals surface area contributed by atoms with Crippen LogP contribution in [0.1, 0.15) is 23.5 Å². The molecule has 0 bridgehead atoms. The molecule has 1 nitrogen and oxygen atoms in total. The minimum atomic E-state index is -0.173. The van der Waals surface area contributed by atoms with Crippen molar-refractivity contribution in [3.8, 4) is 0 Å². The number of hydrogen-bond donors (Lipinski definition) is 0. The van der Waals surface area contributed by atoms with Crippen molar-refractivity contribution < 1.29 is 4.39 Å². The highest BCUT2D eigenvalue weighted by Crippen LogP contribution is 2.34. The summed E-state index contributed by atoms with van der Waals surface area (Å²) >= 11 is 6.22. The van der Waals surface area contributed by atoms with Crippen LogP contribution in [-0.4, -0.2) is 23.9 Å². The van der Waals surface area contributed by atoms with Crippen LogP contribution >= 0.6 is 11.6 Å². The predicted octanol–water partition coefficient (Wildman–Crippen LogP) is 4.67. The molecule has 2 aromatic rings. The van der Waals surface area contributed by atoms with Gasteiger partial charge in [0, 0.05) is 19.0 Å². The van der Waals surface area contributed by atoms with E-state index in [0.717, 1.165) is 26.1 Å². The summed E-state index contributed by atoms with van der Waals surface area (Å²) in [6.45, 7) is 3.04. The van der Waals surface area contributed by atoms with Gasteiger partial charge in [0.2, 0.25) is 0 Å². The number of halogens is 2. The Morgan fingerprint density at radius 3 is 2.45 bits per heavy atom. The number of likely N-dealkylation sites (tertiary alicyclic amines) is 1. The fourth-order valence-electron chi connectivity index (χ4n) is 3.40. The lowest BCUT2D eigenvalue weighted by molar-refractivity contribution is 0.158. The van der Waals surface area contributed by atoms with Gasteiger partial charge in [0.15, 0.2) is 0 Å². The standard InChI is InChI=1S/C19H21ClFN/c20-12-17-14-22(13-15-4-2-1-3-5-15)11-10-19(17)16-6-8-18(21)9-7-16/h1-9,17,19H,10-14H2/t17-,19-/m1/s1. The summed E-state index contributed by atoms with van der Waals surface area (Å²) in [7, 11) is 0. The molecule has 0 spiro atoms. The first-order chi connectivity index (χ1) is 10.8. The second-order valence-corrected chi connectivity index (χ2v) is 6.39. The van der Waals surface area contributed by atoms with E-state index in [9.17, 15) is 4.39 Å². The largest absolute Gasteiger partial charge is 0.299 e. The number of nitrogens with zero attached hydrogens (tertiary/aromatic N) is 1. The third-order valence-corrected chi connectivity index (χ3v) is 4.96. The maximum atomic E-state index is 13.1. The molecule has 0 amide bonds. The van der Waals surface area contributed by atoms with Crippen molar-refractivity contribution in [3.05, 3.63) is 71.5 Å². The van der Waals surface area contributed by atoms with Gasteiger partial charge in [-0.2, -0.15) is 0 Å². The minimum absolute atomic E-state index is 0.173. The van der Waals surface area contributed by atoms with Crippen LogP contribution in [0.4, 0.5) is 4.39 Å². The van der Waals surface area contributed by atoms with E-state index in [2.05, 4.69) is 29.2 Å². The average Bonchev–Trinajstić information content (AvgIpc) is 2.56. The van der Waals surface area contributed by atoms with Gasteiger partial charge in [0.25, 0.3) is 0 Å². The summed E-state index contributed by atoms with van der Waals surface area (Å²) in [5.41, 5.74) is 2.56. The Labute approximate surface area is 136 Å². The first-order valence-corrected chi connectivity index (χ1v) is 8.37. The average molecular weight is 318 g/mol. The molecule has 0 aliphatic carbocycles. The second-order valence-electron chi connectivity index (χ2n) is 6.08. The van der Waals surface area contributed by atoms with E-state index in [0.29, 0.717) is 17.7 Å². The first-order valence-electron chi connectivity index (χ1n) is 7.84. The van der Waals surface area contributed by atoms with Gasteiger partial charge in [0.1, 0.15) is 5.82 Å². The van der Waals surface area contributed by atoms with E-state index in [4.69, 9.17) is 11.6 Å². The van der Waals surface area contributed by atoms with Gasteiger partial charge in [-0.15, -0.1) is 11.6 Å². The highest BCUT2D eigenvalue weighted by molar-refractivity contribution is 6.18. The third kappa shape index (κ3) is 3.68. The molecule has 0 unspecified atom stereocenters. The predicted molar refractivity (Wildman–Crippen MR) is 89.7 cm³/mol. The van der Waals surface area contributed by atoms with Gasteiger partial charge in [-0.1, -0.05) is 42.5 Å². The fraction of sp³-hybridized carbons (Fsp3) is 0.368. The van der Waals surface area contributed by atoms with Crippen molar-refractivity contribution in [3.63, 3.8) is 0 Å². The SMILES string of the molecule is Fc1ccc([C@H]2CCN(Cc3ccccc3)C[C@H]2CCl)cc1. The van der Waals surface area contributed by atoms with Crippen LogP contribution in [0.5, 0.6) is 0 Å². The zero-order valence-electron chi connectivity index (χ0n) is 12.6. The summed E-state index contributed by atoms with van der Waals surface area (Å²) in [4.78, 5) is 2.47. The number of piperidine rings is 1. The van der Waals surface area contributed by atoms with Crippen LogP contribution in [0.15, 0.2) is 54.6 Å². The van der Waals surface area contributed by atoms with E-state index >= 15 is 0 Å². The summed E-state index contributed by atoms with van der Waals surface area (Å²) in [5, 5.41) is 0. The molecule has 2 atom stereocenters. The lowest BCUT2D eigenvalue weighted by Gasteiger charge is -2.38. The van der Waals surface area contributed by atoms with E-state index in [1.807, 2.05) is 18.2 Å². The molecule has 1 fully saturated rings. The lowest BCUT2D eigenvalue weighted by Crippen LogP contribution is -2.39. The quantitative estimate of drug-likeness (QED) is 0.741. The van der Waals surface area contributed by atoms with Crippen molar-refractivity contribution in [2.75, 3.05) is 19.0 Å². The molecular weight excluding hydrogens is 297 g/mol. The van der Waals surface area contributed by atoms with Crippen molar-refractivity contribution >= 4 is 11.6 Å². The van der Waals surface area contributed by atoms with Gasteiger partial charge in [0.05, 0.1) is 0 Å². The molecular formula is C19H21ClFN. The molecule has 1 aliphatic heterocycles. The van der Waals surface area contributed by atoms with Crippen molar-refractivity contribution in [1.82, 2.24) is 4.90 Å². The number of benzene rings is 2. The van der Waals surface area contributed by atoms with Crippen LogP contribution in [-0.2, 0) is 6.54 Å². The van der Waals surface area contributed by atoms with Crippen LogP contribution in [0.25, 0.3) is 0 Å². The summed E-state index contributed by atoms with van der Waals surface area (Å²) in [6, 6.07) is 17.5. The molecule has 22 heavy (non-hydrogen) atoms. The van der Waals surface area contributed by atoms with Crippen LogP contribution < -0.4 is 0 Å². The van der Waals surface area contributed by atoms with Gasteiger partial charge in [-0.25, -0.2) is 4.39 Å². The Morgan fingerprint density at radius 1 is 1.05 bits per heavy atom. The molecule has 3 heteroatoms. The van der Waals surface area contributed by atoms with E-state index in [1.54, 1.807) is 12.1 Å². The smallest absolute Gasteiger partial charge is 0.123 e. The van der Waals surface area contributed by atoms with E-state index in [1.165, 1.54) is 11.1 Å². The van der Waals surface area contributed by atoms with E-state index in [-0.39, 0.29) is 5.82 Å². The molecule has 1 aliphatic rings. The first kappa shape index (κ1) is 15.5. The Hall–Kier alpha value is -1.38. The zero-order chi connectivity index (χ0) is 15.4. The topological polar surface area (TPSA) is 3.24 Å². The minimum Gasteiger partial charge on any atom is -0.299 e. The molecule has 0 aromatic heterocycles. The van der Waals surface area contributed by atoms with Gasteiger partial charge in [-0.3, -0.25) is 4.90 Å². The monoisotopic (exact) mass is 317 g/mol. The summed E-state index contributed by atoms with van der Waals surface area (Å²) < 4.78 is 13.1. The second kappa shape index (κ2) is 7.26. The summed E-state index contributed by atoms with van der Waals surface area (Å²) in [5.74, 6) is 1.33. The lowest BCUT2D eigenvalue weighted by atomic mass is 9.81. The van der Waals surface area contributed by atoms with Gasteiger partial charge >= 0.3 is 0 Å². The molecule has 3 rings (SSSR count). The Balaban J connectivity index is 1.67. The van der Waals surface area contributed by atoms with Crippen molar-refractivity contribution in [2.45, 2.75) is 18.9 Å². The van der Waals surface area contributed by atoms with Crippen LogP contribution in [0.3, 0.4) is 0 Å². The zero-order valence-corrected chi connectivity index (χ0v) is 13.3. The molecule has 1 saturated heterocycles.